The molecule has 0 aliphatic carbocycles. The standard InChI is InChI=1S/C14H22.2C2H6/c1-4-11-14(2,3)12-10-13-8-6-5-7-9-13;2*1-2/h5-9H,4,10-12H2,1-3H3;2*1-2H3. The number of aryl methyl sites for hydroxylation is 1. The molecular weight excluding hydrogens is 216 g/mol. The van der Waals surface area contributed by atoms with Crippen LogP contribution in [0.5, 0.6) is 0 Å². The summed E-state index contributed by atoms with van der Waals surface area (Å²) in [5, 5.41) is 0. The molecular formula is C18H34. The zero-order valence-corrected chi connectivity index (χ0v) is 13.7. The van der Waals surface area contributed by atoms with E-state index in [1.54, 1.807) is 0 Å². The molecule has 0 amide bonds. The Hall–Kier alpha value is -0.780. The van der Waals surface area contributed by atoms with Crippen molar-refractivity contribution in [2.45, 2.75) is 74.1 Å². The van der Waals surface area contributed by atoms with E-state index in [1.807, 2.05) is 27.7 Å². The summed E-state index contributed by atoms with van der Waals surface area (Å²) in [7, 11) is 0. The van der Waals surface area contributed by atoms with E-state index in [4.69, 9.17) is 0 Å². The Kier molecular flexibility index (Phi) is 13.8. The van der Waals surface area contributed by atoms with Gasteiger partial charge in [0.2, 0.25) is 0 Å². The van der Waals surface area contributed by atoms with E-state index in [0.717, 1.165) is 0 Å². The lowest BCUT2D eigenvalue weighted by Gasteiger charge is -2.23. The van der Waals surface area contributed by atoms with Crippen molar-refractivity contribution >= 4 is 0 Å². The Balaban J connectivity index is 0. The molecule has 0 atom stereocenters. The minimum absolute atomic E-state index is 0.505. The van der Waals surface area contributed by atoms with E-state index in [9.17, 15) is 0 Å². The van der Waals surface area contributed by atoms with Gasteiger partial charge in [-0.15, -0.1) is 0 Å². The molecule has 1 rings (SSSR count). The van der Waals surface area contributed by atoms with Crippen LogP contribution in [0.1, 0.15) is 73.3 Å². The molecule has 0 bridgehead atoms. The highest BCUT2D eigenvalue weighted by atomic mass is 14.2. The van der Waals surface area contributed by atoms with E-state index in [0.29, 0.717) is 5.41 Å². The first-order chi connectivity index (χ1) is 8.64. The molecule has 1 aromatic rings. The van der Waals surface area contributed by atoms with Gasteiger partial charge in [0, 0.05) is 0 Å². The minimum Gasteiger partial charge on any atom is -0.0683 e. The van der Waals surface area contributed by atoms with Crippen molar-refractivity contribution in [3.63, 3.8) is 0 Å². The molecule has 0 saturated carbocycles. The lowest BCUT2D eigenvalue weighted by atomic mass is 9.82. The highest BCUT2D eigenvalue weighted by Crippen LogP contribution is 2.28. The predicted octanol–water partition coefficient (Wildman–Crippen LogP) is 6.50. The maximum Gasteiger partial charge on any atom is -0.0274 e. The second-order valence-electron chi connectivity index (χ2n) is 4.90. The summed E-state index contributed by atoms with van der Waals surface area (Å²) in [6.45, 7) is 15.0. The second kappa shape index (κ2) is 12.7. The Labute approximate surface area is 116 Å². The number of hydrogen-bond acceptors (Lipinski definition) is 0. The first kappa shape index (κ1) is 19.6. The Morgan fingerprint density at radius 2 is 1.33 bits per heavy atom. The molecule has 0 N–H and O–H groups in total. The van der Waals surface area contributed by atoms with Crippen LogP contribution < -0.4 is 0 Å². The van der Waals surface area contributed by atoms with Crippen molar-refractivity contribution in [3.05, 3.63) is 35.9 Å². The van der Waals surface area contributed by atoms with Crippen molar-refractivity contribution in [3.8, 4) is 0 Å². The number of hydrogen-bond donors (Lipinski definition) is 0. The van der Waals surface area contributed by atoms with Gasteiger partial charge in [-0.05, 0) is 30.2 Å². The fraction of sp³-hybridized carbons (Fsp3) is 0.667. The molecule has 0 unspecified atom stereocenters. The largest absolute Gasteiger partial charge is 0.0683 e. The summed E-state index contributed by atoms with van der Waals surface area (Å²) < 4.78 is 0. The molecule has 0 saturated heterocycles. The molecule has 0 heteroatoms. The number of benzene rings is 1. The summed E-state index contributed by atoms with van der Waals surface area (Å²) in [6, 6.07) is 10.8. The van der Waals surface area contributed by atoms with Crippen LogP contribution in [0.4, 0.5) is 0 Å². The molecule has 106 valence electrons. The van der Waals surface area contributed by atoms with Crippen LogP contribution in [-0.2, 0) is 6.42 Å². The van der Waals surface area contributed by atoms with E-state index < -0.39 is 0 Å². The molecule has 0 spiro atoms. The minimum atomic E-state index is 0.505. The third-order valence-electron chi connectivity index (χ3n) is 2.86. The fourth-order valence-electron chi connectivity index (χ4n) is 1.93. The van der Waals surface area contributed by atoms with Gasteiger partial charge >= 0.3 is 0 Å². The average molecular weight is 250 g/mol. The molecule has 0 radical (unpaired) electrons. The van der Waals surface area contributed by atoms with Crippen LogP contribution in [0.15, 0.2) is 30.3 Å². The second-order valence-corrected chi connectivity index (χ2v) is 4.90. The third-order valence-corrected chi connectivity index (χ3v) is 2.86. The zero-order valence-electron chi connectivity index (χ0n) is 13.7. The van der Waals surface area contributed by atoms with Gasteiger partial charge in [0.25, 0.3) is 0 Å². The van der Waals surface area contributed by atoms with E-state index in [-0.39, 0.29) is 0 Å². The van der Waals surface area contributed by atoms with Gasteiger partial charge in [0.05, 0.1) is 0 Å². The molecule has 1 aromatic carbocycles. The zero-order chi connectivity index (χ0) is 14.4. The van der Waals surface area contributed by atoms with Crippen molar-refractivity contribution in [1.82, 2.24) is 0 Å². The fourth-order valence-corrected chi connectivity index (χ4v) is 1.93. The van der Waals surface area contributed by atoms with Gasteiger partial charge in [-0.2, -0.15) is 0 Å². The molecule has 0 aliphatic rings. The summed E-state index contributed by atoms with van der Waals surface area (Å²) in [6.07, 6.45) is 5.14. The van der Waals surface area contributed by atoms with Gasteiger partial charge in [0.15, 0.2) is 0 Å². The van der Waals surface area contributed by atoms with Crippen LogP contribution >= 0.6 is 0 Å². The van der Waals surface area contributed by atoms with Gasteiger partial charge in [-0.3, -0.25) is 0 Å². The van der Waals surface area contributed by atoms with Crippen LogP contribution in [0, 0.1) is 5.41 Å². The summed E-state index contributed by atoms with van der Waals surface area (Å²) in [5.41, 5.74) is 1.97. The smallest absolute Gasteiger partial charge is 0.0274 e. The summed E-state index contributed by atoms with van der Waals surface area (Å²) in [5.74, 6) is 0. The molecule has 0 aromatic heterocycles. The average Bonchev–Trinajstić information content (AvgIpc) is 2.42. The lowest BCUT2D eigenvalue weighted by molar-refractivity contribution is 0.304. The molecule has 0 fully saturated rings. The van der Waals surface area contributed by atoms with Crippen molar-refractivity contribution in [2.75, 3.05) is 0 Å². The maximum atomic E-state index is 2.37. The Bertz CT molecular complexity index is 246. The van der Waals surface area contributed by atoms with Gasteiger partial charge in [-0.25, -0.2) is 0 Å². The van der Waals surface area contributed by atoms with Crippen molar-refractivity contribution < 1.29 is 0 Å². The lowest BCUT2D eigenvalue weighted by Crippen LogP contribution is -2.11. The number of rotatable bonds is 5. The summed E-state index contributed by atoms with van der Waals surface area (Å²) >= 11 is 0. The van der Waals surface area contributed by atoms with Crippen LogP contribution in [0.25, 0.3) is 0 Å². The monoisotopic (exact) mass is 250 g/mol. The molecule has 0 nitrogen and oxygen atoms in total. The SMILES string of the molecule is CC.CC.CCCC(C)(C)CCc1ccccc1. The normalized spacial score (nSPS) is 9.72. The third kappa shape index (κ3) is 10.4. The predicted molar refractivity (Wildman–Crippen MR) is 86.1 cm³/mol. The topological polar surface area (TPSA) is 0 Å². The van der Waals surface area contributed by atoms with Crippen LogP contribution in [-0.4, -0.2) is 0 Å². The van der Waals surface area contributed by atoms with Crippen LogP contribution in [0.3, 0.4) is 0 Å². The van der Waals surface area contributed by atoms with Gasteiger partial charge in [0.1, 0.15) is 0 Å². The van der Waals surface area contributed by atoms with Crippen molar-refractivity contribution in [2.24, 2.45) is 5.41 Å². The molecule has 0 aliphatic heterocycles. The molecule has 18 heavy (non-hydrogen) atoms. The maximum absolute atomic E-state index is 2.37. The van der Waals surface area contributed by atoms with E-state index >= 15 is 0 Å². The molecule has 0 heterocycles. The van der Waals surface area contributed by atoms with Gasteiger partial charge in [-0.1, -0.05) is 85.2 Å². The first-order valence-electron chi connectivity index (χ1n) is 7.68. The Morgan fingerprint density at radius 1 is 0.833 bits per heavy atom. The Morgan fingerprint density at radius 3 is 1.78 bits per heavy atom. The van der Waals surface area contributed by atoms with Crippen molar-refractivity contribution in [1.29, 1.82) is 0 Å². The highest BCUT2D eigenvalue weighted by Gasteiger charge is 2.15. The van der Waals surface area contributed by atoms with E-state index in [2.05, 4.69) is 51.1 Å². The first-order valence-corrected chi connectivity index (χ1v) is 7.68. The summed E-state index contributed by atoms with van der Waals surface area (Å²) in [4.78, 5) is 0. The highest BCUT2D eigenvalue weighted by molar-refractivity contribution is 5.14. The van der Waals surface area contributed by atoms with Crippen LogP contribution in [0.2, 0.25) is 0 Å². The van der Waals surface area contributed by atoms with Gasteiger partial charge < -0.3 is 0 Å². The van der Waals surface area contributed by atoms with E-state index in [1.165, 1.54) is 31.2 Å². The quantitative estimate of drug-likeness (QED) is 0.559.